The van der Waals surface area contributed by atoms with Gasteiger partial charge < -0.3 is 19.5 Å². The Balaban J connectivity index is 1.41. The number of ether oxygens (including phenoxy) is 2. The zero-order chi connectivity index (χ0) is 26.4. The Bertz CT molecular complexity index is 1200. The number of piperidine rings is 1. The number of likely N-dealkylation sites (tertiary alicyclic amines) is 1. The second-order valence-corrected chi connectivity index (χ2v) is 11.9. The third-order valence-electron chi connectivity index (χ3n) is 8.81. The number of halogens is 1. The van der Waals surface area contributed by atoms with Crippen molar-refractivity contribution in [3.05, 3.63) is 65.5 Å². The number of hydrogen-bond acceptors (Lipinski definition) is 4. The third kappa shape index (κ3) is 4.74. The quantitative estimate of drug-likeness (QED) is 0.576. The first kappa shape index (κ1) is 25.7. The van der Waals surface area contributed by atoms with Crippen molar-refractivity contribution >= 4 is 11.9 Å². The summed E-state index contributed by atoms with van der Waals surface area (Å²) in [7, 11) is 0. The molecule has 1 amide bonds. The molecule has 1 spiro atoms. The van der Waals surface area contributed by atoms with Crippen molar-refractivity contribution in [2.75, 3.05) is 19.7 Å². The van der Waals surface area contributed by atoms with E-state index in [9.17, 15) is 19.1 Å². The van der Waals surface area contributed by atoms with Gasteiger partial charge in [-0.2, -0.15) is 0 Å². The van der Waals surface area contributed by atoms with Crippen LogP contribution in [0.1, 0.15) is 70.1 Å². The molecule has 3 aliphatic heterocycles. The van der Waals surface area contributed by atoms with Crippen LogP contribution in [0, 0.1) is 17.2 Å². The summed E-state index contributed by atoms with van der Waals surface area (Å²) in [5.74, 6) is -0.496. The average Bonchev–Trinajstić information content (AvgIpc) is 2.87. The van der Waals surface area contributed by atoms with Gasteiger partial charge >= 0.3 is 5.97 Å². The molecule has 4 atom stereocenters. The Morgan fingerprint density at radius 1 is 1.19 bits per heavy atom. The van der Waals surface area contributed by atoms with Crippen LogP contribution in [0.3, 0.4) is 0 Å². The number of carboxylic acid groups (broad SMARTS) is 1. The highest BCUT2D eigenvalue weighted by Gasteiger charge is 2.55. The van der Waals surface area contributed by atoms with E-state index in [4.69, 9.17) is 9.47 Å². The van der Waals surface area contributed by atoms with Gasteiger partial charge in [0.1, 0.15) is 17.2 Å². The molecule has 7 heteroatoms. The molecular formula is C30H36FNO5. The summed E-state index contributed by atoms with van der Waals surface area (Å²) in [5.41, 5.74) is -0.131. The Kier molecular flexibility index (Phi) is 6.55. The highest BCUT2D eigenvalue weighted by Crippen LogP contribution is 2.56. The number of nitrogens with zero attached hydrogens (tertiary/aromatic N) is 1. The molecule has 0 unspecified atom stereocenters. The molecule has 5 rings (SSSR count). The SMILES string of the molecule is CC(C)(C(=O)N1CCC[C@]2(CO[C@H]3c4ccccc4O[C@](C)(CCC(=O)O)[C@@H]3C2)C1)c1cccc(F)c1. The first-order valence-electron chi connectivity index (χ1n) is 13.2. The summed E-state index contributed by atoms with van der Waals surface area (Å²) in [6, 6.07) is 14.1. The first-order chi connectivity index (χ1) is 17.5. The largest absolute Gasteiger partial charge is 0.487 e. The van der Waals surface area contributed by atoms with Gasteiger partial charge in [0, 0.05) is 36.4 Å². The standard InChI is InChI=1S/C30H36FNO5/c1-28(2,20-8-6-9-21(31)16-20)27(35)32-15-7-13-30(18-32)17-23-26(36-19-30)22-10-4-5-11-24(22)37-29(23,3)14-12-25(33)34/h4-6,8-11,16,23,26H,7,12-15,17-19H2,1-3H3,(H,33,34)/t23-,26+,29-,30-/m1/s1. The van der Waals surface area contributed by atoms with E-state index in [-0.39, 0.29) is 35.6 Å². The summed E-state index contributed by atoms with van der Waals surface area (Å²) in [6.45, 7) is 7.46. The maximum atomic E-state index is 13.9. The topological polar surface area (TPSA) is 76.1 Å². The molecule has 2 fully saturated rings. The Morgan fingerprint density at radius 2 is 1.97 bits per heavy atom. The molecule has 0 radical (unpaired) electrons. The number of aliphatic carboxylic acids is 1. The van der Waals surface area contributed by atoms with Crippen molar-refractivity contribution in [1.82, 2.24) is 4.90 Å². The van der Waals surface area contributed by atoms with Crippen molar-refractivity contribution < 1.29 is 28.6 Å². The average molecular weight is 510 g/mol. The number of amides is 1. The molecule has 0 saturated carbocycles. The number of carbonyl (C=O) groups is 2. The van der Waals surface area contributed by atoms with Gasteiger partial charge in [-0.1, -0.05) is 30.3 Å². The molecule has 2 aromatic rings. The Labute approximate surface area is 217 Å². The lowest BCUT2D eigenvalue weighted by Crippen LogP contribution is -2.58. The number of hydrogen-bond donors (Lipinski definition) is 1. The van der Waals surface area contributed by atoms with Crippen LogP contribution in [0.2, 0.25) is 0 Å². The highest BCUT2D eigenvalue weighted by molar-refractivity contribution is 5.87. The lowest BCUT2D eigenvalue weighted by molar-refractivity contribution is -0.186. The van der Waals surface area contributed by atoms with Gasteiger partial charge in [-0.05, 0) is 70.2 Å². The molecule has 0 aliphatic carbocycles. The number of rotatable bonds is 5. The summed E-state index contributed by atoms with van der Waals surface area (Å²) in [4.78, 5) is 27.2. The number of carboxylic acids is 1. The molecule has 37 heavy (non-hydrogen) atoms. The van der Waals surface area contributed by atoms with Gasteiger partial charge in [-0.15, -0.1) is 0 Å². The fraction of sp³-hybridized carbons (Fsp3) is 0.533. The third-order valence-corrected chi connectivity index (χ3v) is 8.81. The first-order valence-corrected chi connectivity index (χ1v) is 13.2. The minimum Gasteiger partial charge on any atom is -0.487 e. The van der Waals surface area contributed by atoms with Crippen LogP contribution in [-0.2, 0) is 19.7 Å². The maximum Gasteiger partial charge on any atom is 0.303 e. The van der Waals surface area contributed by atoms with E-state index in [1.165, 1.54) is 12.1 Å². The number of carbonyl (C=O) groups excluding carboxylic acids is 1. The lowest BCUT2D eigenvalue weighted by atomic mass is 9.63. The van der Waals surface area contributed by atoms with E-state index >= 15 is 0 Å². The van der Waals surface area contributed by atoms with E-state index in [1.807, 2.05) is 49.9 Å². The van der Waals surface area contributed by atoms with Gasteiger partial charge in [0.05, 0.1) is 18.1 Å². The zero-order valence-electron chi connectivity index (χ0n) is 21.8. The lowest BCUT2D eigenvalue weighted by Gasteiger charge is -2.56. The van der Waals surface area contributed by atoms with Crippen LogP contribution < -0.4 is 4.74 Å². The van der Waals surface area contributed by atoms with Gasteiger partial charge in [-0.3, -0.25) is 9.59 Å². The van der Waals surface area contributed by atoms with Gasteiger partial charge in [0.25, 0.3) is 0 Å². The van der Waals surface area contributed by atoms with E-state index in [2.05, 4.69) is 0 Å². The second kappa shape index (κ2) is 9.43. The predicted octanol–water partition coefficient (Wildman–Crippen LogP) is 5.51. The fourth-order valence-corrected chi connectivity index (χ4v) is 6.65. The Morgan fingerprint density at radius 3 is 2.73 bits per heavy atom. The molecule has 1 N–H and O–H groups in total. The molecule has 0 bridgehead atoms. The molecular weight excluding hydrogens is 473 g/mol. The minimum atomic E-state index is -0.860. The summed E-state index contributed by atoms with van der Waals surface area (Å²) in [5, 5.41) is 9.42. The van der Waals surface area contributed by atoms with E-state index < -0.39 is 17.0 Å². The van der Waals surface area contributed by atoms with Crippen LogP contribution >= 0.6 is 0 Å². The van der Waals surface area contributed by atoms with Crippen molar-refractivity contribution in [3.8, 4) is 5.75 Å². The van der Waals surface area contributed by atoms with Gasteiger partial charge in [0.2, 0.25) is 5.91 Å². The van der Waals surface area contributed by atoms with Crippen molar-refractivity contribution in [2.24, 2.45) is 11.3 Å². The van der Waals surface area contributed by atoms with Crippen LogP contribution in [0.4, 0.5) is 4.39 Å². The summed E-state index contributed by atoms with van der Waals surface area (Å²) < 4.78 is 27.1. The van der Waals surface area contributed by atoms with Gasteiger partial charge in [-0.25, -0.2) is 4.39 Å². The molecule has 3 aliphatic rings. The monoisotopic (exact) mass is 509 g/mol. The molecule has 3 heterocycles. The number of para-hydroxylation sites is 1. The van der Waals surface area contributed by atoms with E-state index in [0.29, 0.717) is 31.7 Å². The van der Waals surface area contributed by atoms with Crippen LogP contribution in [0.15, 0.2) is 48.5 Å². The van der Waals surface area contributed by atoms with E-state index in [1.54, 1.807) is 12.1 Å². The number of benzene rings is 2. The molecule has 198 valence electrons. The molecule has 6 nitrogen and oxygen atoms in total. The van der Waals surface area contributed by atoms with Crippen molar-refractivity contribution in [3.63, 3.8) is 0 Å². The highest BCUT2D eigenvalue weighted by atomic mass is 19.1. The van der Waals surface area contributed by atoms with Crippen LogP contribution in [0.25, 0.3) is 0 Å². The molecule has 0 aromatic heterocycles. The summed E-state index contributed by atoms with van der Waals surface area (Å²) in [6.07, 6.45) is 2.79. The normalized spacial score (nSPS) is 29.2. The molecule has 2 aromatic carbocycles. The number of fused-ring (bicyclic) bond motifs is 3. The summed E-state index contributed by atoms with van der Waals surface area (Å²) >= 11 is 0. The van der Waals surface area contributed by atoms with Gasteiger partial charge in [0.15, 0.2) is 0 Å². The van der Waals surface area contributed by atoms with Crippen LogP contribution in [-0.4, -0.2) is 47.2 Å². The zero-order valence-corrected chi connectivity index (χ0v) is 21.8. The van der Waals surface area contributed by atoms with Crippen LogP contribution in [0.5, 0.6) is 5.75 Å². The molecule has 2 saturated heterocycles. The smallest absolute Gasteiger partial charge is 0.303 e. The predicted molar refractivity (Wildman–Crippen MR) is 137 cm³/mol. The fourth-order valence-electron chi connectivity index (χ4n) is 6.65. The maximum absolute atomic E-state index is 13.9. The van der Waals surface area contributed by atoms with Crippen molar-refractivity contribution in [2.45, 2.75) is 70.0 Å². The van der Waals surface area contributed by atoms with Crippen molar-refractivity contribution in [1.29, 1.82) is 0 Å². The Hall–Kier alpha value is -2.93. The van der Waals surface area contributed by atoms with E-state index in [0.717, 1.165) is 30.6 Å². The second-order valence-electron chi connectivity index (χ2n) is 11.9. The minimum absolute atomic E-state index is 0.0152.